The molecule has 10 N–H and O–H groups in total. The number of H-pyrrole nitrogens is 1. The molecule has 25 heteroatoms. The Morgan fingerprint density at radius 1 is 0.913 bits per heavy atom. The standard InChI is InChI=1S/C21H28N10O13P2/c22-14-8-15(25-4-24-14)30(5-26-8)18-10(32)11-7(41-18)1-39-45(34,35)44-12-13-21(2-38-13,3-40-46(36,37)43-11)42-19(12)31-6-27-9-16(31)28-20(23)29-17(9)33/h4-7,10-13,18-19,32,34-37,45-46H,1-3H2,(H2,22,24,25)(H3,23,28,29,33)/t7-,10-,11-,12-,13+,18-,19?,21-/m1/s1. The molecule has 0 radical (unpaired) electrons. The van der Waals surface area contributed by atoms with Crippen LogP contribution in [0.25, 0.3) is 22.3 Å². The maximum atomic E-state index is 12.4. The van der Waals surface area contributed by atoms with Crippen molar-refractivity contribution in [2.24, 2.45) is 0 Å². The zero-order valence-corrected chi connectivity index (χ0v) is 25.2. The van der Waals surface area contributed by atoms with Crippen molar-refractivity contribution >= 4 is 50.4 Å². The first-order chi connectivity index (χ1) is 21.8. The number of imidazole rings is 2. The van der Waals surface area contributed by atoms with Crippen LogP contribution in [-0.4, -0.2) is 120 Å². The summed E-state index contributed by atoms with van der Waals surface area (Å²) in [5.41, 5.74) is 9.84. The summed E-state index contributed by atoms with van der Waals surface area (Å²) in [4.78, 5) is 78.9. The van der Waals surface area contributed by atoms with Gasteiger partial charge in [-0.25, -0.2) is 0 Å². The van der Waals surface area contributed by atoms with Crippen molar-refractivity contribution in [1.82, 2.24) is 39.0 Å². The summed E-state index contributed by atoms with van der Waals surface area (Å²) < 4.78 is 42.6. The van der Waals surface area contributed by atoms with E-state index in [-0.39, 0.29) is 40.7 Å². The molecule has 0 aliphatic carbocycles. The molecule has 4 aliphatic heterocycles. The molecule has 23 nitrogen and oxygen atoms in total. The molecule has 0 amide bonds. The summed E-state index contributed by atoms with van der Waals surface area (Å²) in [6, 6.07) is 0. The number of nitrogens with two attached hydrogens (primary N) is 2. The maximum absolute atomic E-state index is 12.4. The molecule has 2 bridgehead atoms. The van der Waals surface area contributed by atoms with Crippen LogP contribution in [0.4, 0.5) is 11.8 Å². The van der Waals surface area contributed by atoms with Crippen LogP contribution in [0.3, 0.4) is 0 Å². The molecule has 0 aromatic carbocycles. The van der Waals surface area contributed by atoms with Crippen LogP contribution in [0.15, 0.2) is 23.8 Å². The van der Waals surface area contributed by atoms with Gasteiger partial charge in [0.2, 0.25) is 0 Å². The van der Waals surface area contributed by atoms with E-state index in [0.717, 1.165) is 0 Å². The first kappa shape index (κ1) is 30.2. The number of aliphatic hydroxyl groups excluding tert-OH is 1. The number of hydrogen-bond acceptors (Lipinski definition) is 20. The van der Waals surface area contributed by atoms with Gasteiger partial charge in [0.05, 0.1) is 0 Å². The van der Waals surface area contributed by atoms with Gasteiger partial charge >= 0.3 is 256 Å². The minimum absolute atomic E-state index is 0.0138. The van der Waals surface area contributed by atoms with Crippen LogP contribution < -0.4 is 17.0 Å². The number of aliphatic hydroxyl groups is 1. The van der Waals surface area contributed by atoms with Gasteiger partial charge in [0.1, 0.15) is 0 Å². The minimum atomic E-state index is -5.12. The van der Waals surface area contributed by atoms with E-state index in [0.29, 0.717) is 0 Å². The van der Waals surface area contributed by atoms with Crippen molar-refractivity contribution in [3.8, 4) is 0 Å². The second-order valence-corrected chi connectivity index (χ2v) is 14.3. The monoisotopic (exact) mass is 690 g/mol. The predicted octanol–water partition coefficient (Wildman–Crippen LogP) is -3.35. The number of nitrogens with one attached hydrogen (secondary N) is 1. The Labute approximate surface area is 255 Å². The molecular weight excluding hydrogens is 662 g/mol. The Kier molecular flexibility index (Phi) is 6.86. The zero-order chi connectivity index (χ0) is 32.2. The van der Waals surface area contributed by atoms with Gasteiger partial charge in [-0.05, 0) is 0 Å². The summed E-state index contributed by atoms with van der Waals surface area (Å²) >= 11 is 0. The molecule has 0 spiro atoms. The van der Waals surface area contributed by atoms with E-state index in [4.69, 9.17) is 43.8 Å². The normalized spacial score (nSPS) is 36.9. The van der Waals surface area contributed by atoms with E-state index in [2.05, 4.69) is 29.9 Å². The molecule has 8 heterocycles. The van der Waals surface area contributed by atoms with Crippen molar-refractivity contribution in [1.29, 1.82) is 0 Å². The Bertz CT molecular complexity index is 1890. The van der Waals surface area contributed by atoms with Crippen LogP contribution in [-0.2, 0) is 32.3 Å². The first-order valence-electron chi connectivity index (χ1n) is 13.7. The Morgan fingerprint density at radius 3 is 2.39 bits per heavy atom. The fraction of sp³-hybridized carbons (Fsp3) is 0.524. The number of nitrogens with zero attached hydrogens (tertiary/aromatic N) is 7. The fourth-order valence-electron chi connectivity index (χ4n) is 6.05. The number of nitrogen functional groups attached to an aromatic ring is 2. The van der Waals surface area contributed by atoms with Crippen LogP contribution >= 0.6 is 16.3 Å². The van der Waals surface area contributed by atoms with Crippen molar-refractivity contribution in [3.05, 3.63) is 29.3 Å². The molecule has 250 valence electrons. The van der Waals surface area contributed by atoms with Crippen LogP contribution in [0.1, 0.15) is 12.5 Å². The number of hydrogen-bond donors (Lipinski definition) is 8. The summed E-state index contributed by atoms with van der Waals surface area (Å²) in [5.74, 6) is -0.148. The molecule has 4 aromatic heterocycles. The molecule has 4 fully saturated rings. The zero-order valence-electron chi connectivity index (χ0n) is 23.2. The molecule has 8 atom stereocenters. The van der Waals surface area contributed by atoms with Crippen molar-refractivity contribution < 1.29 is 57.0 Å². The second kappa shape index (κ2) is 10.4. The third-order valence-electron chi connectivity index (χ3n) is 8.18. The van der Waals surface area contributed by atoms with Gasteiger partial charge in [0.25, 0.3) is 0 Å². The fourth-order valence-corrected chi connectivity index (χ4v) is 8.24. The van der Waals surface area contributed by atoms with E-state index in [1.54, 1.807) is 0 Å². The van der Waals surface area contributed by atoms with E-state index in [1.807, 2.05) is 0 Å². The number of aromatic nitrogens is 8. The molecule has 4 saturated heterocycles. The van der Waals surface area contributed by atoms with Crippen LogP contribution in [0.5, 0.6) is 0 Å². The molecule has 0 saturated carbocycles. The van der Waals surface area contributed by atoms with Crippen LogP contribution in [0, 0.1) is 0 Å². The van der Waals surface area contributed by atoms with E-state index in [1.165, 1.54) is 28.1 Å². The average molecular weight is 690 g/mol. The molecule has 8 rings (SSSR count). The van der Waals surface area contributed by atoms with E-state index < -0.39 is 83.7 Å². The second-order valence-electron chi connectivity index (χ2n) is 11.1. The van der Waals surface area contributed by atoms with Crippen molar-refractivity contribution in [2.45, 2.75) is 48.6 Å². The number of rotatable bonds is 2. The van der Waals surface area contributed by atoms with Gasteiger partial charge in [-0.1, -0.05) is 0 Å². The molecule has 4 aromatic rings. The van der Waals surface area contributed by atoms with Gasteiger partial charge in [-0.3, -0.25) is 0 Å². The SMILES string of the molecule is Nc1nc2c(ncn2C2O[C@@]34CO[C@H]3[C@H]2O[PH](O)(O)OC[C@H]2O[C@@H](n3cnc5c(N)ncnc53)[C@H](O)[C@@H]2O[PH](O)(O)OC4)c(=O)[nH]1. The molecule has 4 aliphatic rings. The number of ether oxygens (including phenoxy) is 3. The van der Waals surface area contributed by atoms with Crippen molar-refractivity contribution in [3.63, 3.8) is 0 Å². The third kappa shape index (κ3) is 4.76. The quantitative estimate of drug-likeness (QED) is 0.0953. The summed E-state index contributed by atoms with van der Waals surface area (Å²) in [6.07, 6.45) is -5.76. The predicted molar refractivity (Wildman–Crippen MR) is 152 cm³/mol. The van der Waals surface area contributed by atoms with Gasteiger partial charge < -0.3 is 0 Å². The van der Waals surface area contributed by atoms with Crippen LogP contribution in [0.2, 0.25) is 0 Å². The molecular formula is C21H28N10O13P2. The van der Waals surface area contributed by atoms with Crippen molar-refractivity contribution in [2.75, 3.05) is 31.3 Å². The van der Waals surface area contributed by atoms with Gasteiger partial charge in [-0.2, -0.15) is 0 Å². The first-order valence-corrected chi connectivity index (χ1v) is 17.1. The average Bonchev–Trinajstić information content (AvgIpc) is 3.71. The summed E-state index contributed by atoms with van der Waals surface area (Å²) in [5, 5.41) is 11.3. The Balaban J connectivity index is 1.13. The van der Waals surface area contributed by atoms with E-state index in [9.17, 15) is 29.5 Å². The Morgan fingerprint density at radius 2 is 1.63 bits per heavy atom. The number of fused-ring (bicyclic) bond motifs is 3. The number of anilines is 2. The van der Waals surface area contributed by atoms with Gasteiger partial charge in [0, 0.05) is 0 Å². The Hall–Kier alpha value is -3.12. The summed E-state index contributed by atoms with van der Waals surface area (Å²) in [7, 11) is -10.2. The van der Waals surface area contributed by atoms with Gasteiger partial charge in [0.15, 0.2) is 0 Å². The van der Waals surface area contributed by atoms with Gasteiger partial charge in [-0.15, -0.1) is 0 Å². The van der Waals surface area contributed by atoms with E-state index >= 15 is 0 Å². The third-order valence-corrected chi connectivity index (χ3v) is 10.4. The topological polar surface area (TPSA) is 325 Å². The molecule has 46 heavy (non-hydrogen) atoms. The number of aromatic amines is 1. The summed E-state index contributed by atoms with van der Waals surface area (Å²) in [6.45, 7) is -1.36. The molecule has 1 unspecified atom stereocenters.